The van der Waals surface area contributed by atoms with Gasteiger partial charge in [0.05, 0.1) is 28.1 Å². The molecule has 2 aliphatic rings. The highest BCUT2D eigenvalue weighted by Crippen LogP contribution is 2.32. The lowest BCUT2D eigenvalue weighted by atomic mass is 10.0. The molecule has 45 heavy (non-hydrogen) atoms. The third kappa shape index (κ3) is 6.99. The highest BCUT2D eigenvalue weighted by molar-refractivity contribution is 6.43. The summed E-state index contributed by atoms with van der Waals surface area (Å²) in [6.07, 6.45) is 3.23. The standard InChI is InChI=1S/C32H34Cl2FN5O5/c1-19(16-36-20(2)41)40-31(44)26(25-4-3-5-27(33)30(25)34)17-38(32(40)45)18-29(43)37-11-9-24(10-12-37)39-13-8-22-14-23(35)7-6-21(22)15-28(39)42/h3-7,14,17,19,24H,8-13,15-16,18H2,1-2H3,(H,36,41)/t19-/m0/s1. The van der Waals surface area contributed by atoms with Gasteiger partial charge in [0.25, 0.3) is 5.56 Å². The predicted molar refractivity (Wildman–Crippen MR) is 169 cm³/mol. The summed E-state index contributed by atoms with van der Waals surface area (Å²) in [5, 5.41) is 2.98. The van der Waals surface area contributed by atoms with E-state index in [4.69, 9.17) is 23.2 Å². The van der Waals surface area contributed by atoms with Crippen molar-refractivity contribution in [3.63, 3.8) is 0 Å². The Balaban J connectivity index is 1.34. The fourth-order valence-electron chi connectivity index (χ4n) is 6.09. The molecule has 5 rings (SSSR count). The van der Waals surface area contributed by atoms with Crippen LogP contribution in [0.1, 0.15) is 43.9 Å². The molecule has 1 N–H and O–H groups in total. The van der Waals surface area contributed by atoms with Gasteiger partial charge in [-0.15, -0.1) is 0 Å². The number of fused-ring (bicyclic) bond motifs is 1. The van der Waals surface area contributed by atoms with Gasteiger partial charge in [0.2, 0.25) is 17.7 Å². The molecule has 3 heterocycles. The molecular weight excluding hydrogens is 624 g/mol. The van der Waals surface area contributed by atoms with E-state index >= 15 is 0 Å². The molecule has 13 heteroatoms. The van der Waals surface area contributed by atoms with Crippen LogP contribution in [-0.2, 0) is 33.8 Å². The Labute approximate surface area is 269 Å². The molecule has 1 saturated heterocycles. The summed E-state index contributed by atoms with van der Waals surface area (Å²) in [7, 11) is 0. The summed E-state index contributed by atoms with van der Waals surface area (Å²) >= 11 is 12.7. The summed E-state index contributed by atoms with van der Waals surface area (Å²) < 4.78 is 16.0. The van der Waals surface area contributed by atoms with Gasteiger partial charge in [0, 0.05) is 50.9 Å². The number of carbonyl (C=O) groups excluding carboxylic acids is 3. The molecule has 0 radical (unpaired) electrons. The Morgan fingerprint density at radius 2 is 1.76 bits per heavy atom. The third-order valence-corrected chi connectivity index (χ3v) is 9.35. The van der Waals surface area contributed by atoms with Gasteiger partial charge in [-0.1, -0.05) is 41.4 Å². The number of rotatable bonds is 7. The molecule has 2 aliphatic heterocycles. The first-order chi connectivity index (χ1) is 21.4. The highest BCUT2D eigenvalue weighted by atomic mass is 35.5. The summed E-state index contributed by atoms with van der Waals surface area (Å²) in [5.74, 6) is -0.966. The number of amides is 3. The largest absolute Gasteiger partial charge is 0.354 e. The number of aromatic nitrogens is 2. The lowest BCUT2D eigenvalue weighted by Gasteiger charge is -2.38. The lowest BCUT2D eigenvalue weighted by molar-refractivity contribution is -0.136. The first-order valence-corrected chi connectivity index (χ1v) is 15.6. The molecule has 0 saturated carbocycles. The number of piperidine rings is 1. The number of carbonyl (C=O) groups is 3. The van der Waals surface area contributed by atoms with Crippen LogP contribution in [0.5, 0.6) is 0 Å². The Hall–Kier alpha value is -3.96. The van der Waals surface area contributed by atoms with Gasteiger partial charge in [0.1, 0.15) is 12.4 Å². The van der Waals surface area contributed by atoms with Crippen molar-refractivity contribution in [2.75, 3.05) is 26.2 Å². The zero-order valence-corrected chi connectivity index (χ0v) is 26.5. The van der Waals surface area contributed by atoms with Gasteiger partial charge in [0.15, 0.2) is 0 Å². The van der Waals surface area contributed by atoms with Crippen LogP contribution < -0.4 is 16.6 Å². The van der Waals surface area contributed by atoms with E-state index in [1.807, 2.05) is 4.90 Å². The lowest BCUT2D eigenvalue weighted by Crippen LogP contribution is -2.51. The van der Waals surface area contributed by atoms with Crippen LogP contribution in [0.4, 0.5) is 4.39 Å². The summed E-state index contributed by atoms with van der Waals surface area (Å²) in [5.41, 5.74) is 0.753. The van der Waals surface area contributed by atoms with Crippen molar-refractivity contribution in [2.45, 2.75) is 58.2 Å². The molecule has 0 spiro atoms. The monoisotopic (exact) mass is 657 g/mol. The third-order valence-electron chi connectivity index (χ3n) is 8.53. The molecular formula is C32H34Cl2FN5O5. The summed E-state index contributed by atoms with van der Waals surface area (Å²) in [6.45, 7) is 3.90. The van der Waals surface area contributed by atoms with Gasteiger partial charge in [-0.2, -0.15) is 0 Å². The van der Waals surface area contributed by atoms with Crippen molar-refractivity contribution in [1.29, 1.82) is 0 Å². The maximum Gasteiger partial charge on any atom is 0.331 e. The second-order valence-electron chi connectivity index (χ2n) is 11.6. The Kier molecular flexibility index (Phi) is 9.79. The zero-order chi connectivity index (χ0) is 32.4. The highest BCUT2D eigenvalue weighted by Gasteiger charge is 2.32. The minimum atomic E-state index is -0.724. The van der Waals surface area contributed by atoms with Gasteiger partial charge in [-0.3, -0.25) is 28.3 Å². The van der Waals surface area contributed by atoms with Crippen LogP contribution in [0, 0.1) is 5.82 Å². The fourth-order valence-corrected chi connectivity index (χ4v) is 6.49. The van der Waals surface area contributed by atoms with Crippen molar-refractivity contribution in [2.24, 2.45) is 0 Å². The van der Waals surface area contributed by atoms with Crippen LogP contribution in [0.15, 0.2) is 52.2 Å². The second kappa shape index (κ2) is 13.6. The molecule has 3 amide bonds. The van der Waals surface area contributed by atoms with Crippen molar-refractivity contribution < 1.29 is 18.8 Å². The van der Waals surface area contributed by atoms with Crippen LogP contribution in [0.2, 0.25) is 10.0 Å². The Morgan fingerprint density at radius 1 is 1.02 bits per heavy atom. The molecule has 1 aromatic heterocycles. The Morgan fingerprint density at radius 3 is 2.47 bits per heavy atom. The average Bonchev–Trinajstić information content (AvgIpc) is 3.17. The van der Waals surface area contributed by atoms with E-state index in [0.717, 1.165) is 15.7 Å². The molecule has 2 aromatic carbocycles. The van der Waals surface area contributed by atoms with E-state index in [2.05, 4.69) is 5.32 Å². The maximum atomic E-state index is 13.8. The average molecular weight is 659 g/mol. The van der Waals surface area contributed by atoms with E-state index < -0.39 is 17.3 Å². The van der Waals surface area contributed by atoms with Crippen molar-refractivity contribution in [1.82, 2.24) is 24.3 Å². The molecule has 0 aliphatic carbocycles. The Bertz CT molecular complexity index is 1770. The molecule has 238 valence electrons. The van der Waals surface area contributed by atoms with E-state index in [1.165, 1.54) is 29.8 Å². The van der Waals surface area contributed by atoms with Gasteiger partial charge in [-0.25, -0.2) is 9.18 Å². The fraction of sp³-hybridized carbons (Fsp3) is 0.406. The second-order valence-corrected chi connectivity index (χ2v) is 12.3. The van der Waals surface area contributed by atoms with Crippen molar-refractivity contribution in [3.05, 3.63) is 90.4 Å². The SMILES string of the molecule is CC(=O)NC[C@H](C)n1c(=O)c(-c2cccc(Cl)c2Cl)cn(CC(=O)N2CCC(N3CCc4cc(F)ccc4CC3=O)CC2)c1=O. The van der Waals surface area contributed by atoms with E-state index in [1.54, 1.807) is 36.1 Å². The van der Waals surface area contributed by atoms with E-state index in [9.17, 15) is 28.4 Å². The topological polar surface area (TPSA) is 114 Å². The van der Waals surface area contributed by atoms with Crippen LogP contribution in [-0.4, -0.2) is 68.9 Å². The van der Waals surface area contributed by atoms with E-state index in [0.29, 0.717) is 44.5 Å². The quantitative estimate of drug-likeness (QED) is 0.418. The van der Waals surface area contributed by atoms with Crippen LogP contribution in [0.25, 0.3) is 11.1 Å². The van der Waals surface area contributed by atoms with Gasteiger partial charge >= 0.3 is 5.69 Å². The van der Waals surface area contributed by atoms with Crippen LogP contribution in [0.3, 0.4) is 0 Å². The van der Waals surface area contributed by atoms with Gasteiger partial charge in [-0.05, 0) is 55.5 Å². The number of hydrogen-bond acceptors (Lipinski definition) is 5. The maximum absolute atomic E-state index is 13.8. The van der Waals surface area contributed by atoms with Crippen molar-refractivity contribution in [3.8, 4) is 11.1 Å². The predicted octanol–water partition coefficient (Wildman–Crippen LogP) is 3.44. The first-order valence-electron chi connectivity index (χ1n) is 14.8. The minimum Gasteiger partial charge on any atom is -0.354 e. The normalized spacial score (nSPS) is 16.2. The van der Waals surface area contributed by atoms with E-state index in [-0.39, 0.29) is 64.7 Å². The molecule has 10 nitrogen and oxygen atoms in total. The zero-order valence-electron chi connectivity index (χ0n) is 25.0. The number of hydrogen-bond donors (Lipinski definition) is 1. The number of benzene rings is 2. The number of halogens is 3. The van der Waals surface area contributed by atoms with Crippen molar-refractivity contribution >= 4 is 40.9 Å². The summed E-state index contributed by atoms with van der Waals surface area (Å²) in [6, 6.07) is 8.56. The molecule has 1 fully saturated rings. The molecule has 3 aromatic rings. The van der Waals surface area contributed by atoms with Crippen LogP contribution >= 0.6 is 23.2 Å². The van der Waals surface area contributed by atoms with Gasteiger partial charge < -0.3 is 15.1 Å². The first kappa shape index (κ1) is 32.4. The number of likely N-dealkylation sites (tertiary alicyclic amines) is 1. The molecule has 1 atom stereocenters. The number of nitrogens with zero attached hydrogens (tertiary/aromatic N) is 4. The molecule has 0 unspecified atom stereocenters. The molecule has 0 bridgehead atoms. The summed E-state index contributed by atoms with van der Waals surface area (Å²) in [4.78, 5) is 68.8. The number of nitrogens with one attached hydrogen (secondary N) is 1. The minimum absolute atomic E-state index is 0.0143. The smallest absolute Gasteiger partial charge is 0.331 e.